The molecule has 0 bridgehead atoms. The second kappa shape index (κ2) is 7.33. The lowest BCUT2D eigenvalue weighted by molar-refractivity contribution is 0.0353. The van der Waals surface area contributed by atoms with Crippen molar-refractivity contribution in [2.24, 2.45) is 0 Å². The number of nitrogens with zero attached hydrogens (tertiary/aromatic N) is 1. The van der Waals surface area contributed by atoms with Crippen LogP contribution in [0, 0.1) is 0 Å². The Bertz CT molecular complexity index is 263. The second-order valence-corrected chi connectivity index (χ2v) is 7.97. The summed E-state index contributed by atoms with van der Waals surface area (Å²) in [5, 5.41) is 3.89. The zero-order valence-electron chi connectivity index (χ0n) is 13.1. The van der Waals surface area contributed by atoms with Gasteiger partial charge < -0.3 is 5.32 Å². The molecule has 3 heteroatoms. The van der Waals surface area contributed by atoms with Gasteiger partial charge in [0.15, 0.2) is 0 Å². The molecule has 2 unspecified atom stereocenters. The zero-order chi connectivity index (χ0) is 13.7. The second-order valence-electron chi connectivity index (χ2n) is 6.58. The van der Waals surface area contributed by atoms with Crippen LogP contribution in [-0.2, 0) is 0 Å². The molecule has 2 rings (SSSR count). The van der Waals surface area contributed by atoms with Crippen LogP contribution in [0.25, 0.3) is 0 Å². The summed E-state index contributed by atoms with van der Waals surface area (Å²) >= 11 is 2.09. The molecule has 1 aliphatic carbocycles. The predicted octanol–water partition coefficient (Wildman–Crippen LogP) is 3.51. The highest BCUT2D eigenvalue weighted by Crippen LogP contribution is 2.32. The van der Waals surface area contributed by atoms with Crippen molar-refractivity contribution in [1.29, 1.82) is 0 Å². The van der Waals surface area contributed by atoms with Crippen LogP contribution in [0.5, 0.6) is 0 Å². The largest absolute Gasteiger partial charge is 0.308 e. The van der Waals surface area contributed by atoms with E-state index in [1.807, 2.05) is 0 Å². The van der Waals surface area contributed by atoms with Gasteiger partial charge in [0.1, 0.15) is 0 Å². The maximum absolute atomic E-state index is 3.89. The highest BCUT2D eigenvalue weighted by Gasteiger charge is 2.39. The molecule has 1 saturated heterocycles. The Balaban J connectivity index is 1.90. The van der Waals surface area contributed by atoms with Crippen LogP contribution in [-0.4, -0.2) is 47.1 Å². The standard InChI is InChI=1S/C16H32N2S/c1-4-19-11-8-14(2)18-13-16(17-12-15(18)3)9-6-5-7-10-16/h14-15,17H,4-13H2,1-3H3. The van der Waals surface area contributed by atoms with Crippen molar-refractivity contribution in [2.75, 3.05) is 24.6 Å². The van der Waals surface area contributed by atoms with E-state index in [0.29, 0.717) is 11.6 Å². The van der Waals surface area contributed by atoms with E-state index in [9.17, 15) is 0 Å². The van der Waals surface area contributed by atoms with E-state index in [1.54, 1.807) is 0 Å². The molecule has 0 amide bonds. The van der Waals surface area contributed by atoms with Gasteiger partial charge in [0.2, 0.25) is 0 Å². The molecule has 2 fully saturated rings. The molecule has 1 saturated carbocycles. The summed E-state index contributed by atoms with van der Waals surface area (Å²) in [4.78, 5) is 2.79. The van der Waals surface area contributed by atoms with Gasteiger partial charge in [0, 0.05) is 30.7 Å². The molecular formula is C16H32N2S. The third-order valence-corrected chi connectivity index (χ3v) is 6.02. The summed E-state index contributed by atoms with van der Waals surface area (Å²) in [7, 11) is 0. The van der Waals surface area contributed by atoms with Crippen LogP contribution < -0.4 is 5.32 Å². The third-order valence-electron chi connectivity index (χ3n) is 5.08. The number of nitrogens with one attached hydrogen (secondary N) is 1. The molecule has 0 aromatic heterocycles. The van der Waals surface area contributed by atoms with Gasteiger partial charge in [-0.15, -0.1) is 0 Å². The van der Waals surface area contributed by atoms with E-state index in [-0.39, 0.29) is 0 Å². The van der Waals surface area contributed by atoms with Gasteiger partial charge in [-0.1, -0.05) is 26.2 Å². The molecule has 0 aromatic rings. The van der Waals surface area contributed by atoms with Gasteiger partial charge in [-0.2, -0.15) is 11.8 Å². The maximum Gasteiger partial charge on any atom is 0.0309 e. The highest BCUT2D eigenvalue weighted by atomic mass is 32.2. The number of hydrogen-bond donors (Lipinski definition) is 1. The molecule has 2 nitrogen and oxygen atoms in total. The Morgan fingerprint density at radius 2 is 2.05 bits per heavy atom. The SMILES string of the molecule is CCSCCC(C)N1CC2(CCCCC2)NCC1C. The Morgan fingerprint density at radius 3 is 2.74 bits per heavy atom. The molecular weight excluding hydrogens is 252 g/mol. The molecule has 19 heavy (non-hydrogen) atoms. The lowest BCUT2D eigenvalue weighted by Crippen LogP contribution is -2.65. The summed E-state index contributed by atoms with van der Waals surface area (Å²) in [5.41, 5.74) is 0.455. The van der Waals surface area contributed by atoms with Gasteiger partial charge >= 0.3 is 0 Å². The van der Waals surface area contributed by atoms with E-state index in [0.717, 1.165) is 6.04 Å². The van der Waals surface area contributed by atoms with Crippen LogP contribution >= 0.6 is 11.8 Å². The number of hydrogen-bond acceptors (Lipinski definition) is 3. The molecule has 1 spiro atoms. The van der Waals surface area contributed by atoms with Crippen molar-refractivity contribution >= 4 is 11.8 Å². The first-order valence-electron chi connectivity index (χ1n) is 8.25. The van der Waals surface area contributed by atoms with E-state index in [2.05, 4.69) is 42.7 Å². The smallest absolute Gasteiger partial charge is 0.0309 e. The topological polar surface area (TPSA) is 15.3 Å². The van der Waals surface area contributed by atoms with Gasteiger partial charge in [-0.3, -0.25) is 4.90 Å². The minimum Gasteiger partial charge on any atom is -0.308 e. The Kier molecular flexibility index (Phi) is 6.04. The quantitative estimate of drug-likeness (QED) is 0.778. The number of thioether (sulfide) groups is 1. The minimum absolute atomic E-state index is 0.455. The van der Waals surface area contributed by atoms with Gasteiger partial charge in [-0.05, 0) is 44.6 Å². The van der Waals surface area contributed by atoms with E-state index in [4.69, 9.17) is 0 Å². The van der Waals surface area contributed by atoms with Crippen molar-refractivity contribution < 1.29 is 0 Å². The van der Waals surface area contributed by atoms with Crippen molar-refractivity contribution in [3.63, 3.8) is 0 Å². The van der Waals surface area contributed by atoms with Gasteiger partial charge in [0.05, 0.1) is 0 Å². The Hall–Kier alpha value is 0.270. The van der Waals surface area contributed by atoms with E-state index >= 15 is 0 Å². The molecule has 112 valence electrons. The van der Waals surface area contributed by atoms with Crippen LogP contribution in [0.1, 0.15) is 59.3 Å². The molecule has 1 heterocycles. The molecule has 2 atom stereocenters. The van der Waals surface area contributed by atoms with Crippen LogP contribution in [0.3, 0.4) is 0 Å². The number of piperazine rings is 1. The van der Waals surface area contributed by atoms with Crippen molar-refractivity contribution in [1.82, 2.24) is 10.2 Å². The normalized spacial score (nSPS) is 29.5. The van der Waals surface area contributed by atoms with Crippen molar-refractivity contribution in [3.05, 3.63) is 0 Å². The fourth-order valence-corrected chi connectivity index (χ4v) is 4.56. The van der Waals surface area contributed by atoms with Gasteiger partial charge in [0.25, 0.3) is 0 Å². The van der Waals surface area contributed by atoms with E-state index in [1.165, 1.54) is 63.1 Å². The number of rotatable bonds is 5. The van der Waals surface area contributed by atoms with Crippen LogP contribution in [0.15, 0.2) is 0 Å². The summed E-state index contributed by atoms with van der Waals surface area (Å²) in [6.45, 7) is 9.57. The Morgan fingerprint density at radius 1 is 1.32 bits per heavy atom. The molecule has 1 N–H and O–H groups in total. The van der Waals surface area contributed by atoms with E-state index < -0.39 is 0 Å². The lowest BCUT2D eigenvalue weighted by atomic mass is 9.79. The Labute approximate surface area is 124 Å². The van der Waals surface area contributed by atoms with Crippen LogP contribution in [0.2, 0.25) is 0 Å². The molecule has 0 radical (unpaired) electrons. The lowest BCUT2D eigenvalue weighted by Gasteiger charge is -2.51. The molecule has 1 aliphatic heterocycles. The first-order valence-corrected chi connectivity index (χ1v) is 9.41. The monoisotopic (exact) mass is 284 g/mol. The first-order chi connectivity index (χ1) is 9.17. The summed E-state index contributed by atoms with van der Waals surface area (Å²) in [6.07, 6.45) is 8.44. The maximum atomic E-state index is 3.89. The third kappa shape index (κ3) is 4.12. The highest BCUT2D eigenvalue weighted by molar-refractivity contribution is 7.99. The van der Waals surface area contributed by atoms with Crippen molar-refractivity contribution in [2.45, 2.75) is 76.9 Å². The average Bonchev–Trinajstić information content (AvgIpc) is 2.43. The van der Waals surface area contributed by atoms with Gasteiger partial charge in [-0.25, -0.2) is 0 Å². The first kappa shape index (κ1) is 15.7. The molecule has 0 aromatic carbocycles. The fraction of sp³-hybridized carbons (Fsp3) is 1.00. The summed E-state index contributed by atoms with van der Waals surface area (Å²) < 4.78 is 0. The predicted molar refractivity (Wildman–Crippen MR) is 87.1 cm³/mol. The fourth-order valence-electron chi connectivity index (χ4n) is 3.76. The van der Waals surface area contributed by atoms with Crippen LogP contribution in [0.4, 0.5) is 0 Å². The zero-order valence-corrected chi connectivity index (χ0v) is 13.9. The van der Waals surface area contributed by atoms with Crippen molar-refractivity contribution in [3.8, 4) is 0 Å². The average molecular weight is 285 g/mol. The molecule has 2 aliphatic rings. The summed E-state index contributed by atoms with van der Waals surface area (Å²) in [6, 6.07) is 1.45. The minimum atomic E-state index is 0.455. The summed E-state index contributed by atoms with van der Waals surface area (Å²) in [5.74, 6) is 2.58.